The summed E-state index contributed by atoms with van der Waals surface area (Å²) in [4.78, 5) is 14.1. The van der Waals surface area contributed by atoms with Crippen molar-refractivity contribution >= 4 is 39.3 Å². The summed E-state index contributed by atoms with van der Waals surface area (Å²) in [5.74, 6) is -0.0513. The molecule has 1 saturated heterocycles. The van der Waals surface area contributed by atoms with E-state index in [9.17, 15) is 13.2 Å². The smallest absolute Gasteiger partial charge is 0.261 e. The highest BCUT2D eigenvalue weighted by atomic mass is 35.5. The molecule has 0 saturated carbocycles. The van der Waals surface area contributed by atoms with Crippen LogP contribution < -0.4 is 4.72 Å². The number of nitrogens with zero attached hydrogens (tertiary/aromatic N) is 1. The second-order valence-corrected chi connectivity index (χ2v) is 8.65. The van der Waals surface area contributed by atoms with Crippen LogP contribution in [0, 0.1) is 0 Å². The fourth-order valence-electron chi connectivity index (χ4n) is 2.82. The first-order chi connectivity index (χ1) is 13.3. The number of sulfonamides is 1. The second kappa shape index (κ2) is 8.63. The quantitative estimate of drug-likeness (QED) is 0.582. The molecule has 0 spiro atoms. The van der Waals surface area contributed by atoms with Gasteiger partial charge < -0.3 is 4.90 Å². The van der Waals surface area contributed by atoms with Gasteiger partial charge in [-0.25, -0.2) is 8.42 Å². The molecule has 7 heteroatoms. The Morgan fingerprint density at radius 1 is 1.07 bits per heavy atom. The van der Waals surface area contributed by atoms with Gasteiger partial charge in [-0.3, -0.25) is 9.52 Å². The molecule has 0 radical (unpaired) electrons. The number of hydrogen-bond acceptors (Lipinski definition) is 3. The maximum atomic E-state index is 12.5. The number of anilines is 1. The largest absolute Gasteiger partial charge is 0.339 e. The summed E-state index contributed by atoms with van der Waals surface area (Å²) >= 11 is 6.01. The predicted octanol–water partition coefficient (Wildman–Crippen LogP) is 4.33. The lowest BCUT2D eigenvalue weighted by atomic mass is 10.1. The van der Waals surface area contributed by atoms with Crippen LogP contribution in [0.25, 0.3) is 6.08 Å². The van der Waals surface area contributed by atoms with Crippen molar-refractivity contribution in [2.24, 2.45) is 0 Å². The lowest BCUT2D eigenvalue weighted by Gasteiger charge is -2.26. The van der Waals surface area contributed by atoms with Crippen LogP contribution in [-0.2, 0) is 14.8 Å². The minimum atomic E-state index is -3.75. The minimum Gasteiger partial charge on any atom is -0.339 e. The van der Waals surface area contributed by atoms with Gasteiger partial charge >= 0.3 is 0 Å². The third kappa shape index (κ3) is 5.03. The topological polar surface area (TPSA) is 66.5 Å². The van der Waals surface area contributed by atoms with Gasteiger partial charge in [0.05, 0.1) is 15.6 Å². The van der Waals surface area contributed by atoms with E-state index in [0.717, 1.165) is 18.4 Å². The van der Waals surface area contributed by atoms with Crippen LogP contribution in [0.5, 0.6) is 0 Å². The predicted molar refractivity (Wildman–Crippen MR) is 113 cm³/mol. The number of amides is 1. The van der Waals surface area contributed by atoms with Gasteiger partial charge in [-0.2, -0.15) is 0 Å². The first-order valence-corrected chi connectivity index (χ1v) is 10.7. The van der Waals surface area contributed by atoms with Crippen molar-refractivity contribution in [2.75, 3.05) is 17.8 Å². The molecule has 1 N–H and O–H groups in total. The first kappa shape index (κ1) is 20.2. The monoisotopic (exact) mass is 416 g/mol. The van der Waals surface area contributed by atoms with Crippen LogP contribution in [-0.4, -0.2) is 32.3 Å². The number of halogens is 1. The van der Waals surface area contributed by atoms with Gasteiger partial charge in [0, 0.05) is 19.2 Å². The number of carbonyl (C=O) groups is 1. The van der Waals surface area contributed by atoms with Crippen molar-refractivity contribution in [3.05, 3.63) is 77.3 Å². The van der Waals surface area contributed by atoms with E-state index in [0.29, 0.717) is 23.8 Å². The summed E-state index contributed by atoms with van der Waals surface area (Å²) in [7, 11) is -3.75. The molecule has 1 aliphatic rings. The van der Waals surface area contributed by atoms with E-state index >= 15 is 0 Å². The van der Waals surface area contributed by atoms with E-state index in [1.54, 1.807) is 47.4 Å². The van der Waals surface area contributed by atoms with Crippen molar-refractivity contribution in [1.29, 1.82) is 0 Å². The minimum absolute atomic E-state index is 0.0513. The molecule has 0 bridgehead atoms. The van der Waals surface area contributed by atoms with E-state index < -0.39 is 10.0 Å². The molecule has 5 nitrogen and oxygen atoms in total. The van der Waals surface area contributed by atoms with Crippen molar-refractivity contribution in [3.63, 3.8) is 0 Å². The normalized spacial score (nSPS) is 15.0. The Bertz CT molecular complexity index is 1000. The summed E-state index contributed by atoms with van der Waals surface area (Å²) in [6, 6.07) is 12.9. The SMILES string of the molecule is C=C1CCN(C(=O)/C=C/c2ccc(S(=O)(=O)Nc3ccccc3Cl)cc2)CC1. The fourth-order valence-corrected chi connectivity index (χ4v) is 4.14. The summed E-state index contributed by atoms with van der Waals surface area (Å²) in [5, 5.41) is 0.324. The van der Waals surface area contributed by atoms with Gasteiger partial charge in [0.1, 0.15) is 0 Å². The van der Waals surface area contributed by atoms with Crippen LogP contribution in [0.15, 0.2) is 71.7 Å². The Balaban J connectivity index is 1.66. The second-order valence-electron chi connectivity index (χ2n) is 6.56. The Morgan fingerprint density at radius 2 is 1.71 bits per heavy atom. The average molecular weight is 417 g/mol. The van der Waals surface area contributed by atoms with Gasteiger partial charge in [0.2, 0.25) is 5.91 Å². The molecule has 1 amide bonds. The number of piperidine rings is 1. The van der Waals surface area contributed by atoms with Gasteiger partial charge in [0.15, 0.2) is 0 Å². The zero-order chi connectivity index (χ0) is 20.1. The maximum Gasteiger partial charge on any atom is 0.261 e. The highest BCUT2D eigenvalue weighted by molar-refractivity contribution is 7.92. The van der Waals surface area contributed by atoms with Crippen LogP contribution in [0.2, 0.25) is 5.02 Å². The molecule has 146 valence electrons. The molecule has 2 aromatic carbocycles. The zero-order valence-corrected chi connectivity index (χ0v) is 16.8. The van der Waals surface area contributed by atoms with E-state index in [2.05, 4.69) is 11.3 Å². The number of hydrogen-bond donors (Lipinski definition) is 1. The van der Waals surface area contributed by atoms with Crippen molar-refractivity contribution in [3.8, 4) is 0 Å². The van der Waals surface area contributed by atoms with Crippen LogP contribution >= 0.6 is 11.6 Å². The van der Waals surface area contributed by atoms with Gasteiger partial charge in [-0.1, -0.05) is 48.0 Å². The number of benzene rings is 2. The van der Waals surface area contributed by atoms with Crippen molar-refractivity contribution in [2.45, 2.75) is 17.7 Å². The maximum absolute atomic E-state index is 12.5. The molecule has 1 heterocycles. The van der Waals surface area contributed by atoms with Crippen LogP contribution in [0.3, 0.4) is 0 Å². The van der Waals surface area contributed by atoms with Crippen LogP contribution in [0.4, 0.5) is 5.69 Å². The molecule has 2 aromatic rings. The van der Waals surface area contributed by atoms with E-state index in [4.69, 9.17) is 11.6 Å². The molecule has 28 heavy (non-hydrogen) atoms. The standard InChI is InChI=1S/C21H21ClN2O3S/c1-16-12-14-24(15-13-16)21(25)11-8-17-6-9-18(10-7-17)28(26,27)23-20-5-3-2-4-19(20)22/h2-11,23H,1,12-15H2/b11-8+. The first-order valence-electron chi connectivity index (χ1n) is 8.86. The van der Waals surface area contributed by atoms with Gasteiger partial charge in [-0.15, -0.1) is 0 Å². The third-order valence-corrected chi connectivity index (χ3v) is 6.22. The number of likely N-dealkylation sites (tertiary alicyclic amines) is 1. The molecule has 0 unspecified atom stereocenters. The summed E-state index contributed by atoms with van der Waals surface area (Å²) in [6.07, 6.45) is 4.87. The zero-order valence-electron chi connectivity index (χ0n) is 15.3. The van der Waals surface area contributed by atoms with E-state index in [-0.39, 0.29) is 10.8 Å². The van der Waals surface area contributed by atoms with Crippen LogP contribution in [0.1, 0.15) is 18.4 Å². The summed E-state index contributed by atoms with van der Waals surface area (Å²) < 4.78 is 27.5. The molecule has 1 fully saturated rings. The molecule has 3 rings (SSSR count). The molecule has 0 aliphatic carbocycles. The fraction of sp³-hybridized carbons (Fsp3) is 0.190. The highest BCUT2D eigenvalue weighted by Gasteiger charge is 2.17. The average Bonchev–Trinajstić information content (AvgIpc) is 2.69. The van der Waals surface area contributed by atoms with E-state index in [1.807, 2.05) is 0 Å². The van der Waals surface area contributed by atoms with Crippen molar-refractivity contribution in [1.82, 2.24) is 4.90 Å². The number of carbonyl (C=O) groups excluding carboxylic acids is 1. The Labute approximate surface area is 170 Å². The number of rotatable bonds is 5. The third-order valence-electron chi connectivity index (χ3n) is 4.51. The Hall–Kier alpha value is -2.57. The molecule has 0 aromatic heterocycles. The lowest BCUT2D eigenvalue weighted by molar-refractivity contribution is -0.126. The Morgan fingerprint density at radius 3 is 2.36 bits per heavy atom. The van der Waals surface area contributed by atoms with E-state index in [1.165, 1.54) is 23.8 Å². The number of para-hydroxylation sites is 1. The highest BCUT2D eigenvalue weighted by Crippen LogP contribution is 2.24. The lowest BCUT2D eigenvalue weighted by Crippen LogP contribution is -2.34. The molecule has 1 aliphatic heterocycles. The van der Waals surface area contributed by atoms with Gasteiger partial charge in [0.25, 0.3) is 10.0 Å². The number of nitrogens with one attached hydrogen (secondary N) is 1. The van der Waals surface area contributed by atoms with Gasteiger partial charge in [-0.05, 0) is 48.7 Å². The summed E-state index contributed by atoms with van der Waals surface area (Å²) in [6.45, 7) is 5.32. The molecule has 0 atom stereocenters. The Kier molecular flexibility index (Phi) is 6.21. The van der Waals surface area contributed by atoms with Crippen molar-refractivity contribution < 1.29 is 13.2 Å². The molecular formula is C21H21ClN2O3S. The summed E-state index contributed by atoms with van der Waals surface area (Å²) in [5.41, 5.74) is 2.24. The molecular weight excluding hydrogens is 396 g/mol.